The summed E-state index contributed by atoms with van der Waals surface area (Å²) in [6.07, 6.45) is 0. The maximum Gasteiger partial charge on any atom is 0.265 e. The Morgan fingerprint density at radius 3 is 2.30 bits per heavy atom. The first kappa shape index (κ1) is 7.00. The molecule has 0 bridgehead atoms. The van der Waals surface area contributed by atoms with E-state index in [0.29, 0.717) is 5.56 Å². The minimum atomic E-state index is -0.182. The molecule has 1 rings (SSSR count). The van der Waals surface area contributed by atoms with Gasteiger partial charge in [-0.15, -0.1) is 0 Å². The van der Waals surface area contributed by atoms with E-state index in [4.69, 9.17) is 10.1 Å². The van der Waals surface area contributed by atoms with Crippen LogP contribution < -0.4 is 5.19 Å². The lowest BCUT2D eigenvalue weighted by Gasteiger charge is -1.90. The minimum absolute atomic E-state index is 0.182. The third-order valence-corrected chi connectivity index (χ3v) is 1.73. The average molecular weight is 147 g/mol. The molecule has 2 radical (unpaired) electrons. The standard InChI is InChI=1S/C7H5NOSi/c8-5-6-1-3-7(10-9)4-2-6/h1-4,9H. The lowest BCUT2D eigenvalue weighted by molar-refractivity contribution is 0.615. The van der Waals surface area contributed by atoms with E-state index >= 15 is 0 Å². The fourth-order valence-electron chi connectivity index (χ4n) is 0.619. The van der Waals surface area contributed by atoms with Crippen molar-refractivity contribution in [1.82, 2.24) is 0 Å². The van der Waals surface area contributed by atoms with Gasteiger partial charge in [0.2, 0.25) is 0 Å². The first-order valence-electron chi connectivity index (χ1n) is 2.77. The molecule has 3 heteroatoms. The van der Waals surface area contributed by atoms with Crippen LogP contribution in [-0.4, -0.2) is 14.6 Å². The fourth-order valence-corrected chi connectivity index (χ4v) is 0.935. The largest absolute Gasteiger partial charge is 0.428 e. The van der Waals surface area contributed by atoms with Gasteiger partial charge in [-0.3, -0.25) is 0 Å². The van der Waals surface area contributed by atoms with Gasteiger partial charge in [-0.05, 0) is 17.3 Å². The molecule has 1 aromatic carbocycles. The van der Waals surface area contributed by atoms with Crippen molar-refractivity contribution in [2.45, 2.75) is 0 Å². The quantitative estimate of drug-likeness (QED) is 0.559. The van der Waals surface area contributed by atoms with Crippen LogP contribution in [0.3, 0.4) is 0 Å². The Kier molecular flexibility index (Phi) is 2.21. The zero-order valence-electron chi connectivity index (χ0n) is 5.20. The lowest BCUT2D eigenvalue weighted by Crippen LogP contribution is -2.11. The molecule has 0 atom stereocenters. The molecule has 0 aliphatic rings. The first-order valence-corrected chi connectivity index (χ1v) is 3.72. The van der Waals surface area contributed by atoms with E-state index in [1.165, 1.54) is 0 Å². The summed E-state index contributed by atoms with van der Waals surface area (Å²) in [4.78, 5) is 8.65. The SMILES string of the molecule is N#Cc1ccc([Si]O)cc1. The molecule has 0 unspecified atom stereocenters. The van der Waals surface area contributed by atoms with Gasteiger partial charge in [-0.1, -0.05) is 12.1 Å². The molecule has 1 N–H and O–H groups in total. The van der Waals surface area contributed by atoms with E-state index in [-0.39, 0.29) is 9.76 Å². The topological polar surface area (TPSA) is 44.0 Å². The summed E-state index contributed by atoms with van der Waals surface area (Å²) in [6, 6.07) is 8.88. The Labute approximate surface area is 61.7 Å². The summed E-state index contributed by atoms with van der Waals surface area (Å²) >= 11 is 0. The van der Waals surface area contributed by atoms with Crippen LogP contribution in [0.5, 0.6) is 0 Å². The van der Waals surface area contributed by atoms with Crippen molar-refractivity contribution in [3.63, 3.8) is 0 Å². The second kappa shape index (κ2) is 3.16. The van der Waals surface area contributed by atoms with Gasteiger partial charge in [0.15, 0.2) is 0 Å². The van der Waals surface area contributed by atoms with Crippen molar-refractivity contribution in [3.8, 4) is 6.07 Å². The summed E-state index contributed by atoms with van der Waals surface area (Å²) in [7, 11) is -0.182. The van der Waals surface area contributed by atoms with E-state index < -0.39 is 0 Å². The summed E-state index contributed by atoms with van der Waals surface area (Å²) in [5.41, 5.74) is 0.627. The van der Waals surface area contributed by atoms with Crippen molar-refractivity contribution in [1.29, 1.82) is 5.26 Å². The van der Waals surface area contributed by atoms with Gasteiger partial charge < -0.3 is 4.80 Å². The zero-order valence-corrected chi connectivity index (χ0v) is 6.20. The monoisotopic (exact) mass is 147 g/mol. The molecule has 0 amide bonds. The van der Waals surface area contributed by atoms with Crippen LogP contribution in [0, 0.1) is 11.3 Å². The van der Waals surface area contributed by atoms with E-state index in [1.807, 2.05) is 6.07 Å². The Morgan fingerprint density at radius 1 is 1.30 bits per heavy atom. The van der Waals surface area contributed by atoms with Gasteiger partial charge in [-0.2, -0.15) is 5.26 Å². The number of hydrogen-bond acceptors (Lipinski definition) is 2. The fraction of sp³-hybridized carbons (Fsp3) is 0. The van der Waals surface area contributed by atoms with Crippen LogP contribution in [0.15, 0.2) is 24.3 Å². The number of rotatable bonds is 1. The van der Waals surface area contributed by atoms with Crippen molar-refractivity contribution >= 4 is 14.9 Å². The Balaban J connectivity index is 2.93. The normalized spacial score (nSPS) is 8.80. The zero-order chi connectivity index (χ0) is 7.40. The Bertz CT molecular complexity index is 249. The molecule has 0 saturated carbocycles. The van der Waals surface area contributed by atoms with E-state index in [0.717, 1.165) is 5.19 Å². The number of nitrogens with zero attached hydrogens (tertiary/aromatic N) is 1. The Hall–Kier alpha value is -1.11. The van der Waals surface area contributed by atoms with Gasteiger partial charge >= 0.3 is 0 Å². The van der Waals surface area contributed by atoms with Crippen LogP contribution in [0.25, 0.3) is 0 Å². The molecule has 0 aliphatic carbocycles. The molecule has 1 aromatic rings. The molecule has 0 aromatic heterocycles. The van der Waals surface area contributed by atoms with E-state index in [9.17, 15) is 0 Å². The van der Waals surface area contributed by atoms with E-state index in [1.54, 1.807) is 24.3 Å². The molecular weight excluding hydrogens is 142 g/mol. The highest BCUT2D eigenvalue weighted by Crippen LogP contribution is 1.91. The van der Waals surface area contributed by atoms with Gasteiger partial charge in [-0.25, -0.2) is 0 Å². The summed E-state index contributed by atoms with van der Waals surface area (Å²) in [5, 5.41) is 9.25. The second-order valence-electron chi connectivity index (χ2n) is 1.80. The van der Waals surface area contributed by atoms with Gasteiger partial charge in [0.25, 0.3) is 9.76 Å². The van der Waals surface area contributed by atoms with Gasteiger partial charge in [0.05, 0.1) is 11.6 Å². The third-order valence-electron chi connectivity index (χ3n) is 1.14. The van der Waals surface area contributed by atoms with Crippen LogP contribution in [0.2, 0.25) is 0 Å². The molecule has 48 valence electrons. The minimum Gasteiger partial charge on any atom is -0.428 e. The smallest absolute Gasteiger partial charge is 0.265 e. The highest BCUT2D eigenvalue weighted by atomic mass is 28.2. The van der Waals surface area contributed by atoms with Gasteiger partial charge in [0, 0.05) is 0 Å². The van der Waals surface area contributed by atoms with Crippen LogP contribution in [0.1, 0.15) is 5.56 Å². The van der Waals surface area contributed by atoms with Gasteiger partial charge in [0.1, 0.15) is 0 Å². The summed E-state index contributed by atoms with van der Waals surface area (Å²) in [5.74, 6) is 0. The maximum atomic E-state index is 8.65. The number of hydrogen-bond donors (Lipinski definition) is 1. The lowest BCUT2D eigenvalue weighted by atomic mass is 10.2. The van der Waals surface area contributed by atoms with Crippen molar-refractivity contribution in [2.24, 2.45) is 0 Å². The van der Waals surface area contributed by atoms with Crippen molar-refractivity contribution in [2.75, 3.05) is 0 Å². The summed E-state index contributed by atoms with van der Waals surface area (Å²) in [6.45, 7) is 0. The second-order valence-corrected chi connectivity index (χ2v) is 2.60. The Morgan fingerprint density at radius 2 is 1.90 bits per heavy atom. The van der Waals surface area contributed by atoms with Crippen LogP contribution >= 0.6 is 0 Å². The maximum absolute atomic E-state index is 8.65. The molecule has 0 fully saturated rings. The first-order chi connectivity index (χ1) is 4.86. The van der Waals surface area contributed by atoms with Crippen LogP contribution in [0.4, 0.5) is 0 Å². The molecule has 0 spiro atoms. The highest BCUT2D eigenvalue weighted by Gasteiger charge is 1.91. The number of nitriles is 1. The number of benzene rings is 1. The molecule has 10 heavy (non-hydrogen) atoms. The van der Waals surface area contributed by atoms with Crippen molar-refractivity contribution < 1.29 is 4.80 Å². The van der Waals surface area contributed by atoms with Crippen molar-refractivity contribution in [3.05, 3.63) is 29.8 Å². The molecule has 0 aliphatic heterocycles. The third kappa shape index (κ3) is 1.44. The molecule has 2 nitrogen and oxygen atoms in total. The molecular formula is C7H5NOSi. The molecule has 0 saturated heterocycles. The predicted octanol–water partition coefficient (Wildman–Crippen LogP) is -0.205. The average Bonchev–Trinajstić information content (AvgIpc) is 2.05. The highest BCUT2D eigenvalue weighted by molar-refractivity contribution is 6.45. The van der Waals surface area contributed by atoms with Crippen LogP contribution in [-0.2, 0) is 0 Å². The predicted molar refractivity (Wildman–Crippen MR) is 38.8 cm³/mol. The summed E-state index contributed by atoms with van der Waals surface area (Å²) < 4.78 is 0. The molecule has 0 heterocycles. The van der Waals surface area contributed by atoms with E-state index in [2.05, 4.69) is 0 Å².